The molecule has 1 heterocycles. The minimum Gasteiger partial charge on any atom is -0.494 e. The molecule has 3 rings (SSSR count). The molecule has 8 heteroatoms. The van der Waals surface area contributed by atoms with Gasteiger partial charge in [-0.1, -0.05) is 48.8 Å². The highest BCUT2D eigenvalue weighted by Crippen LogP contribution is 2.39. The summed E-state index contributed by atoms with van der Waals surface area (Å²) < 4.78 is 13.8. The normalized spacial score (nSPS) is 14.3. The van der Waals surface area contributed by atoms with Gasteiger partial charge < -0.3 is 19.9 Å². The van der Waals surface area contributed by atoms with Crippen molar-refractivity contribution >= 4 is 40.9 Å². The van der Waals surface area contributed by atoms with Crippen LogP contribution in [0.25, 0.3) is 10.8 Å². The maximum absolute atomic E-state index is 11.6. The molecule has 2 atom stereocenters. The zero-order valence-electron chi connectivity index (χ0n) is 20.2. The van der Waals surface area contributed by atoms with Crippen molar-refractivity contribution in [3.8, 4) is 5.75 Å². The molecule has 178 valence electrons. The smallest absolute Gasteiger partial charge is 0.268 e. The lowest BCUT2D eigenvalue weighted by atomic mass is 9.99. The van der Waals surface area contributed by atoms with Gasteiger partial charge in [-0.25, -0.2) is 4.98 Å². The number of primary amides is 1. The van der Waals surface area contributed by atoms with Crippen LogP contribution in [0.5, 0.6) is 5.75 Å². The van der Waals surface area contributed by atoms with Gasteiger partial charge in [-0.2, -0.15) is 0 Å². The third kappa shape index (κ3) is 6.25. The number of halogens is 1. The quantitative estimate of drug-likeness (QED) is 0.313. The van der Waals surface area contributed by atoms with Crippen LogP contribution in [0, 0.1) is 0 Å². The van der Waals surface area contributed by atoms with Crippen molar-refractivity contribution in [3.63, 3.8) is 0 Å². The summed E-state index contributed by atoms with van der Waals surface area (Å²) in [7, 11) is -1.99. The largest absolute Gasteiger partial charge is 0.494 e. The number of amides is 1. The predicted molar refractivity (Wildman–Crippen MR) is 139 cm³/mol. The Balaban J connectivity index is 1.76. The maximum Gasteiger partial charge on any atom is 0.268 e. The van der Waals surface area contributed by atoms with E-state index in [1.165, 1.54) is 0 Å². The minimum atomic E-state index is -1.99. The molecule has 0 aliphatic rings. The molecule has 2 aromatic carbocycles. The first kappa shape index (κ1) is 25.5. The van der Waals surface area contributed by atoms with E-state index in [0.29, 0.717) is 18.9 Å². The van der Waals surface area contributed by atoms with Gasteiger partial charge in [-0.15, -0.1) is 0 Å². The first-order valence-electron chi connectivity index (χ1n) is 11.2. The van der Waals surface area contributed by atoms with Gasteiger partial charge in [0.1, 0.15) is 17.3 Å². The molecule has 1 amide bonds. The van der Waals surface area contributed by atoms with Crippen LogP contribution >= 0.6 is 15.9 Å². The third-order valence-electron chi connectivity index (χ3n) is 6.53. The highest BCUT2D eigenvalue weighted by Gasteiger charge is 2.40. The fourth-order valence-corrected chi connectivity index (χ4v) is 5.38. The number of rotatable bonds is 9. The lowest BCUT2D eigenvalue weighted by Crippen LogP contribution is -2.44. The number of carbonyl (C=O) groups is 1. The highest BCUT2D eigenvalue weighted by molar-refractivity contribution is 9.10. The summed E-state index contributed by atoms with van der Waals surface area (Å²) in [5.74, 6) is 0.901. The molecule has 0 fully saturated rings. The second-order valence-electron chi connectivity index (χ2n) is 10.0. The van der Waals surface area contributed by atoms with Crippen molar-refractivity contribution in [2.75, 3.05) is 6.61 Å². The topological polar surface area (TPSA) is 90.2 Å². The average Bonchev–Trinajstić information content (AvgIpc) is 3.20. The van der Waals surface area contributed by atoms with Crippen molar-refractivity contribution < 1.29 is 14.0 Å². The van der Waals surface area contributed by atoms with E-state index in [2.05, 4.69) is 84.9 Å². The Morgan fingerprint density at radius 2 is 1.85 bits per heavy atom. The number of nitrogens with one attached hydrogen (secondary N) is 1. The molecule has 0 saturated carbocycles. The lowest BCUT2D eigenvalue weighted by molar-refractivity contribution is 0.0995. The van der Waals surface area contributed by atoms with E-state index in [-0.39, 0.29) is 22.8 Å². The summed E-state index contributed by atoms with van der Waals surface area (Å²) >= 11 is 3.51. The SMILES string of the molecule is C[C@H](O[Si](C)(C)C(C)(C)C)[C@H](CCOc1ccc2cc(Br)ccc2c1)c1nc(C(N)=O)c[nH]1. The Bertz CT molecular complexity index is 1120. The summed E-state index contributed by atoms with van der Waals surface area (Å²) in [6.07, 6.45) is 2.14. The number of hydrogen-bond acceptors (Lipinski definition) is 4. The van der Waals surface area contributed by atoms with Crippen LogP contribution in [-0.4, -0.2) is 36.9 Å². The molecular formula is C25H34BrN3O3Si. The van der Waals surface area contributed by atoms with E-state index in [1.807, 2.05) is 18.2 Å². The summed E-state index contributed by atoms with van der Waals surface area (Å²) in [6, 6.07) is 12.3. The first-order chi connectivity index (χ1) is 15.4. The van der Waals surface area contributed by atoms with Crippen LogP contribution in [0.4, 0.5) is 0 Å². The number of imidazole rings is 1. The lowest BCUT2D eigenvalue weighted by Gasteiger charge is -2.40. The van der Waals surface area contributed by atoms with Crippen molar-refractivity contribution in [2.45, 2.75) is 64.3 Å². The van der Waals surface area contributed by atoms with E-state index in [9.17, 15) is 4.79 Å². The number of H-pyrrole nitrogens is 1. The molecule has 0 saturated heterocycles. The Labute approximate surface area is 205 Å². The monoisotopic (exact) mass is 531 g/mol. The number of carbonyl (C=O) groups excluding carboxylic acids is 1. The fraction of sp³-hybridized carbons (Fsp3) is 0.440. The number of ether oxygens (including phenoxy) is 1. The second-order valence-corrected chi connectivity index (χ2v) is 15.7. The second kappa shape index (κ2) is 9.99. The Kier molecular flexibility index (Phi) is 7.71. The number of aromatic amines is 1. The summed E-state index contributed by atoms with van der Waals surface area (Å²) in [6.45, 7) is 13.7. The van der Waals surface area contributed by atoms with Crippen molar-refractivity contribution in [1.82, 2.24) is 9.97 Å². The predicted octanol–water partition coefficient (Wildman–Crippen LogP) is 6.39. The van der Waals surface area contributed by atoms with Crippen LogP contribution in [0.15, 0.2) is 47.1 Å². The van der Waals surface area contributed by atoms with Gasteiger partial charge in [0.15, 0.2) is 8.32 Å². The van der Waals surface area contributed by atoms with Gasteiger partial charge in [-0.3, -0.25) is 4.79 Å². The standard InChI is InChI=1S/C25H34BrN3O3Si/c1-16(32-33(5,6)25(2,3)4)21(24-28-15-22(29-24)23(27)30)11-12-31-20-10-8-17-13-19(26)9-7-18(17)14-20/h7-10,13-16,21H,11-12H2,1-6H3,(H2,27,30)(H,28,29)/t16-,21-/m0/s1. The third-order valence-corrected chi connectivity index (χ3v) is 11.6. The minimum absolute atomic E-state index is 0.0661. The van der Waals surface area contributed by atoms with Gasteiger partial charge in [0.2, 0.25) is 0 Å². The average molecular weight is 533 g/mol. The molecule has 0 bridgehead atoms. The van der Waals surface area contributed by atoms with Gasteiger partial charge >= 0.3 is 0 Å². The molecule has 6 nitrogen and oxygen atoms in total. The molecular weight excluding hydrogens is 498 g/mol. The number of aromatic nitrogens is 2. The Morgan fingerprint density at radius 3 is 2.48 bits per heavy atom. The molecule has 3 N–H and O–H groups in total. The van der Waals surface area contributed by atoms with Gasteiger partial charge in [0.25, 0.3) is 5.91 Å². The zero-order chi connectivity index (χ0) is 24.4. The molecule has 0 aliphatic heterocycles. The van der Waals surface area contributed by atoms with Crippen molar-refractivity contribution in [2.24, 2.45) is 5.73 Å². The zero-order valence-corrected chi connectivity index (χ0v) is 22.8. The van der Waals surface area contributed by atoms with E-state index >= 15 is 0 Å². The van der Waals surface area contributed by atoms with Crippen LogP contribution in [0.2, 0.25) is 18.1 Å². The van der Waals surface area contributed by atoms with Gasteiger partial charge in [-0.05, 0) is 66.5 Å². The highest BCUT2D eigenvalue weighted by atomic mass is 79.9. The van der Waals surface area contributed by atoms with E-state index < -0.39 is 14.2 Å². The van der Waals surface area contributed by atoms with Crippen LogP contribution in [-0.2, 0) is 4.43 Å². The Morgan fingerprint density at radius 1 is 1.18 bits per heavy atom. The molecule has 1 aromatic heterocycles. The van der Waals surface area contributed by atoms with Crippen LogP contribution in [0.1, 0.15) is 56.3 Å². The van der Waals surface area contributed by atoms with Crippen LogP contribution < -0.4 is 10.5 Å². The molecule has 0 aliphatic carbocycles. The fourth-order valence-electron chi connectivity index (χ4n) is 3.56. The van der Waals surface area contributed by atoms with Crippen LogP contribution in [0.3, 0.4) is 0 Å². The van der Waals surface area contributed by atoms with Crippen molar-refractivity contribution in [1.29, 1.82) is 0 Å². The molecule has 33 heavy (non-hydrogen) atoms. The Hall–Kier alpha value is -2.16. The maximum atomic E-state index is 11.6. The van der Waals surface area contributed by atoms with E-state index in [4.69, 9.17) is 14.9 Å². The molecule has 0 unspecified atom stereocenters. The summed E-state index contributed by atoms with van der Waals surface area (Å²) in [5.41, 5.74) is 5.65. The first-order valence-corrected chi connectivity index (χ1v) is 14.9. The number of fused-ring (bicyclic) bond motifs is 1. The number of nitrogens with two attached hydrogens (primary N) is 1. The molecule has 0 radical (unpaired) electrons. The van der Waals surface area contributed by atoms with Gasteiger partial charge in [0, 0.05) is 16.6 Å². The molecule has 0 spiro atoms. The van der Waals surface area contributed by atoms with E-state index in [1.54, 1.807) is 6.20 Å². The van der Waals surface area contributed by atoms with E-state index in [0.717, 1.165) is 21.0 Å². The number of hydrogen-bond donors (Lipinski definition) is 2. The summed E-state index contributed by atoms with van der Waals surface area (Å²) in [4.78, 5) is 19.2. The molecule has 3 aromatic rings. The summed E-state index contributed by atoms with van der Waals surface area (Å²) in [5, 5.41) is 2.36. The number of benzene rings is 2. The van der Waals surface area contributed by atoms with Gasteiger partial charge in [0.05, 0.1) is 12.7 Å². The number of nitrogens with zero attached hydrogens (tertiary/aromatic N) is 1. The van der Waals surface area contributed by atoms with Crippen molar-refractivity contribution in [3.05, 3.63) is 58.6 Å².